The molecule has 2 saturated heterocycles. The molecule has 0 bridgehead atoms. The Morgan fingerprint density at radius 2 is 2.00 bits per heavy atom. The first kappa shape index (κ1) is 19.0. The number of benzene rings is 1. The van der Waals surface area contributed by atoms with E-state index in [1.165, 1.54) is 0 Å². The Hall–Kier alpha value is -2.98. The minimum atomic E-state index is 0.146. The van der Waals surface area contributed by atoms with Crippen LogP contribution in [0.1, 0.15) is 6.04 Å². The van der Waals surface area contributed by atoms with Crippen molar-refractivity contribution in [1.82, 2.24) is 29.7 Å². The lowest BCUT2D eigenvalue weighted by Crippen LogP contribution is -2.50. The standard InChI is InChI=1S/C20H25N7O3/c1-24(2)11-18(28)25-5-7-26(8-6-25)20-22-19(23-30-20)14-3-4-15-10-21-27(17(15)9-14)16-12-29-13-16/h3-4,9-10,16H,5-8,11-13H2,1-2H3. The molecule has 0 saturated carbocycles. The fourth-order valence-electron chi connectivity index (χ4n) is 3.81. The molecule has 2 fully saturated rings. The van der Waals surface area contributed by atoms with Gasteiger partial charge in [-0.2, -0.15) is 10.1 Å². The zero-order chi connectivity index (χ0) is 20.7. The average molecular weight is 411 g/mol. The largest absolute Gasteiger partial charge is 0.377 e. The van der Waals surface area contributed by atoms with Crippen LogP contribution in [-0.4, -0.2) is 95.7 Å². The van der Waals surface area contributed by atoms with E-state index in [0.717, 1.165) is 16.5 Å². The van der Waals surface area contributed by atoms with Crippen molar-refractivity contribution >= 4 is 22.8 Å². The van der Waals surface area contributed by atoms with Gasteiger partial charge in [-0.25, -0.2) is 0 Å². The number of piperazine rings is 1. The van der Waals surface area contributed by atoms with Crippen LogP contribution >= 0.6 is 0 Å². The molecule has 5 rings (SSSR count). The van der Waals surface area contributed by atoms with Crippen LogP contribution in [0.25, 0.3) is 22.3 Å². The van der Waals surface area contributed by atoms with Crippen LogP contribution in [0.4, 0.5) is 6.01 Å². The summed E-state index contributed by atoms with van der Waals surface area (Å²) in [5.74, 6) is 0.697. The van der Waals surface area contributed by atoms with Crippen LogP contribution in [0.2, 0.25) is 0 Å². The molecular formula is C20H25N7O3. The number of fused-ring (bicyclic) bond motifs is 1. The Labute approximate surface area is 174 Å². The van der Waals surface area contributed by atoms with Crippen LogP contribution in [0.3, 0.4) is 0 Å². The van der Waals surface area contributed by atoms with Crippen molar-refractivity contribution < 1.29 is 14.1 Å². The number of nitrogens with zero attached hydrogens (tertiary/aromatic N) is 7. The number of rotatable bonds is 5. The predicted octanol–water partition coefficient (Wildman–Crippen LogP) is 0.868. The van der Waals surface area contributed by atoms with Crippen molar-refractivity contribution in [3.8, 4) is 11.4 Å². The van der Waals surface area contributed by atoms with Crippen molar-refractivity contribution in [2.75, 3.05) is 64.9 Å². The first-order valence-corrected chi connectivity index (χ1v) is 10.1. The van der Waals surface area contributed by atoms with Crippen molar-refractivity contribution in [2.45, 2.75) is 6.04 Å². The monoisotopic (exact) mass is 411 g/mol. The van der Waals surface area contributed by atoms with E-state index in [-0.39, 0.29) is 11.9 Å². The van der Waals surface area contributed by atoms with Gasteiger partial charge < -0.3 is 24.0 Å². The molecule has 30 heavy (non-hydrogen) atoms. The van der Waals surface area contributed by atoms with Gasteiger partial charge in [0.2, 0.25) is 11.7 Å². The summed E-state index contributed by atoms with van der Waals surface area (Å²) in [6, 6.07) is 6.83. The van der Waals surface area contributed by atoms with E-state index in [1.54, 1.807) is 0 Å². The Morgan fingerprint density at radius 1 is 1.20 bits per heavy atom. The second-order valence-corrected chi connectivity index (χ2v) is 8.06. The molecule has 158 valence electrons. The molecule has 0 radical (unpaired) electrons. The second kappa shape index (κ2) is 7.69. The molecule has 2 aromatic heterocycles. The van der Waals surface area contributed by atoms with Crippen molar-refractivity contribution in [3.63, 3.8) is 0 Å². The van der Waals surface area contributed by atoms with Crippen molar-refractivity contribution in [3.05, 3.63) is 24.4 Å². The van der Waals surface area contributed by atoms with Gasteiger partial charge in [0.25, 0.3) is 0 Å². The molecule has 2 aliphatic rings. The number of ether oxygens (including phenoxy) is 1. The van der Waals surface area contributed by atoms with Crippen LogP contribution in [0.15, 0.2) is 28.9 Å². The molecule has 1 amide bonds. The first-order chi connectivity index (χ1) is 14.6. The molecule has 0 aliphatic carbocycles. The number of carbonyl (C=O) groups is 1. The summed E-state index contributed by atoms with van der Waals surface area (Å²) >= 11 is 0. The highest BCUT2D eigenvalue weighted by Crippen LogP contribution is 2.28. The summed E-state index contributed by atoms with van der Waals surface area (Å²) in [5.41, 5.74) is 1.93. The summed E-state index contributed by atoms with van der Waals surface area (Å²) in [4.78, 5) is 22.6. The number of carbonyl (C=O) groups excluding carboxylic acids is 1. The molecule has 10 heteroatoms. The highest BCUT2D eigenvalue weighted by atomic mass is 16.5. The first-order valence-electron chi connectivity index (χ1n) is 10.1. The zero-order valence-corrected chi connectivity index (χ0v) is 17.2. The lowest BCUT2D eigenvalue weighted by Gasteiger charge is -2.34. The Kier molecular flexibility index (Phi) is 4.87. The van der Waals surface area contributed by atoms with Gasteiger partial charge in [-0.3, -0.25) is 9.48 Å². The summed E-state index contributed by atoms with van der Waals surface area (Å²) in [6.45, 7) is 4.46. The highest BCUT2D eigenvalue weighted by molar-refractivity contribution is 5.83. The number of aromatic nitrogens is 4. The van der Waals surface area contributed by atoms with E-state index in [2.05, 4.69) is 15.2 Å². The van der Waals surface area contributed by atoms with Gasteiger partial charge >= 0.3 is 6.01 Å². The third kappa shape index (κ3) is 3.52. The number of hydrogen-bond donors (Lipinski definition) is 0. The van der Waals surface area contributed by atoms with Gasteiger partial charge in [-0.05, 0) is 20.2 Å². The minimum Gasteiger partial charge on any atom is -0.377 e. The molecular weight excluding hydrogens is 386 g/mol. The molecule has 0 unspecified atom stereocenters. The Bertz CT molecular complexity index is 1050. The van der Waals surface area contributed by atoms with Crippen LogP contribution in [0, 0.1) is 0 Å². The van der Waals surface area contributed by atoms with Gasteiger partial charge in [0.1, 0.15) is 0 Å². The fourth-order valence-corrected chi connectivity index (χ4v) is 3.81. The second-order valence-electron chi connectivity index (χ2n) is 8.06. The van der Waals surface area contributed by atoms with Crippen LogP contribution < -0.4 is 4.90 Å². The summed E-state index contributed by atoms with van der Waals surface area (Å²) in [5, 5.41) is 9.76. The van der Waals surface area contributed by atoms with E-state index in [1.807, 2.05) is 57.9 Å². The van der Waals surface area contributed by atoms with E-state index in [0.29, 0.717) is 57.8 Å². The molecule has 3 aromatic rings. The quantitative estimate of drug-likeness (QED) is 0.611. The topological polar surface area (TPSA) is 92.8 Å². The van der Waals surface area contributed by atoms with Gasteiger partial charge in [0, 0.05) is 37.1 Å². The SMILES string of the molecule is CN(C)CC(=O)N1CCN(c2nc(-c3ccc4cnn(C5COC5)c4c3)no2)CC1. The number of hydrogen-bond acceptors (Lipinski definition) is 8. The van der Waals surface area contributed by atoms with Crippen molar-refractivity contribution in [2.24, 2.45) is 0 Å². The van der Waals surface area contributed by atoms with Crippen molar-refractivity contribution in [1.29, 1.82) is 0 Å². The third-order valence-corrected chi connectivity index (χ3v) is 5.59. The molecule has 0 N–H and O–H groups in total. The summed E-state index contributed by atoms with van der Waals surface area (Å²) < 4.78 is 12.8. The lowest BCUT2D eigenvalue weighted by atomic mass is 10.1. The Morgan fingerprint density at radius 3 is 2.70 bits per heavy atom. The maximum Gasteiger partial charge on any atom is 0.324 e. The molecule has 0 atom stereocenters. The van der Waals surface area contributed by atoms with E-state index in [9.17, 15) is 4.79 Å². The normalized spacial score (nSPS) is 17.7. The van der Waals surface area contributed by atoms with E-state index < -0.39 is 0 Å². The number of anilines is 1. The van der Waals surface area contributed by atoms with E-state index in [4.69, 9.17) is 9.26 Å². The number of amides is 1. The third-order valence-electron chi connectivity index (χ3n) is 5.59. The van der Waals surface area contributed by atoms with Crippen LogP contribution in [0.5, 0.6) is 0 Å². The van der Waals surface area contributed by atoms with Gasteiger partial charge in [-0.15, -0.1) is 0 Å². The smallest absolute Gasteiger partial charge is 0.324 e. The molecule has 0 spiro atoms. The fraction of sp³-hybridized carbons (Fsp3) is 0.500. The highest BCUT2D eigenvalue weighted by Gasteiger charge is 2.26. The van der Waals surface area contributed by atoms with E-state index >= 15 is 0 Å². The Balaban J connectivity index is 1.30. The molecule has 4 heterocycles. The summed E-state index contributed by atoms with van der Waals surface area (Å²) in [7, 11) is 3.80. The molecule has 1 aromatic carbocycles. The maximum absolute atomic E-state index is 12.2. The predicted molar refractivity (Wildman–Crippen MR) is 110 cm³/mol. The molecule has 10 nitrogen and oxygen atoms in total. The minimum absolute atomic E-state index is 0.146. The maximum atomic E-state index is 12.2. The lowest BCUT2D eigenvalue weighted by molar-refractivity contribution is -0.132. The number of likely N-dealkylation sites (N-methyl/N-ethyl adjacent to an activating group) is 1. The van der Waals surface area contributed by atoms with Gasteiger partial charge in [0.05, 0.1) is 37.5 Å². The zero-order valence-electron chi connectivity index (χ0n) is 17.2. The van der Waals surface area contributed by atoms with Gasteiger partial charge in [0.15, 0.2) is 0 Å². The van der Waals surface area contributed by atoms with Gasteiger partial charge in [-0.1, -0.05) is 17.3 Å². The molecule has 2 aliphatic heterocycles. The summed E-state index contributed by atoms with van der Waals surface area (Å²) in [6.07, 6.45) is 1.87. The van der Waals surface area contributed by atoms with Crippen LogP contribution in [-0.2, 0) is 9.53 Å². The average Bonchev–Trinajstić information content (AvgIpc) is 3.34.